The number of quaternary nitrogens is 1. The number of unbranched alkanes of at least 4 members (excludes halogenated alkanes) is 22. The Kier molecular flexibility index (Phi) is 43.4. The first-order chi connectivity index (χ1) is 30.6. The number of allylic oxidation sites excluding steroid dienone is 10. The van der Waals surface area contributed by atoms with Gasteiger partial charge in [-0.1, -0.05) is 184 Å². The van der Waals surface area contributed by atoms with Gasteiger partial charge in [0.15, 0.2) is 6.10 Å². The number of carboxylic acids is 1. The molecule has 2 unspecified atom stereocenters. The Morgan fingerprint density at radius 2 is 0.889 bits per heavy atom. The molecule has 63 heavy (non-hydrogen) atoms. The molecule has 0 saturated heterocycles. The zero-order valence-corrected chi connectivity index (χ0v) is 41.5. The number of nitrogens with zero attached hydrogens (tertiary/aromatic N) is 1. The summed E-state index contributed by atoms with van der Waals surface area (Å²) in [7, 11) is 5.41. The van der Waals surface area contributed by atoms with Crippen LogP contribution in [0.15, 0.2) is 60.8 Å². The Morgan fingerprint density at radius 3 is 1.33 bits per heavy atom. The Hall–Kier alpha value is -2.97. The van der Waals surface area contributed by atoms with Crippen molar-refractivity contribution in [3.8, 4) is 0 Å². The third kappa shape index (κ3) is 44.0. The molecule has 0 radical (unpaired) electrons. The van der Waals surface area contributed by atoms with Crippen LogP contribution < -0.4 is 5.11 Å². The van der Waals surface area contributed by atoms with Crippen molar-refractivity contribution in [3.05, 3.63) is 60.8 Å². The monoisotopic (exact) mass is 884 g/mol. The zero-order valence-electron chi connectivity index (χ0n) is 41.5. The van der Waals surface area contributed by atoms with Gasteiger partial charge in [0.25, 0.3) is 0 Å². The maximum atomic E-state index is 12.8. The van der Waals surface area contributed by atoms with Crippen LogP contribution in [-0.2, 0) is 28.6 Å². The van der Waals surface area contributed by atoms with E-state index in [2.05, 4.69) is 74.6 Å². The Balaban J connectivity index is 4.27. The molecule has 0 spiro atoms. The first kappa shape index (κ1) is 60.0. The summed E-state index contributed by atoms with van der Waals surface area (Å²) in [6, 6.07) is -0.731. The third-order valence-corrected chi connectivity index (χ3v) is 11.4. The van der Waals surface area contributed by atoms with E-state index in [1.54, 1.807) is 21.1 Å². The minimum Gasteiger partial charge on any atom is -0.544 e. The van der Waals surface area contributed by atoms with Gasteiger partial charge in [0.05, 0.1) is 40.3 Å². The van der Waals surface area contributed by atoms with Gasteiger partial charge < -0.3 is 28.6 Å². The number of carbonyl (C=O) groups is 3. The van der Waals surface area contributed by atoms with Crippen molar-refractivity contribution in [2.75, 3.05) is 41.0 Å². The van der Waals surface area contributed by atoms with Gasteiger partial charge in [-0.15, -0.1) is 0 Å². The molecule has 0 saturated carbocycles. The van der Waals surface area contributed by atoms with Crippen molar-refractivity contribution in [2.45, 2.75) is 231 Å². The van der Waals surface area contributed by atoms with Gasteiger partial charge >= 0.3 is 11.9 Å². The first-order valence-corrected chi connectivity index (χ1v) is 25.8. The number of esters is 2. The van der Waals surface area contributed by atoms with Crippen LogP contribution in [0.1, 0.15) is 219 Å². The molecule has 0 aliphatic heterocycles. The summed E-state index contributed by atoms with van der Waals surface area (Å²) >= 11 is 0. The van der Waals surface area contributed by atoms with E-state index in [1.807, 2.05) is 0 Å². The number of ether oxygens (including phenoxy) is 3. The smallest absolute Gasteiger partial charge is 0.306 e. The van der Waals surface area contributed by atoms with Gasteiger partial charge in [0.2, 0.25) is 0 Å². The summed E-state index contributed by atoms with van der Waals surface area (Å²) < 4.78 is 17.2. The SMILES string of the molecule is CC/C=C/C/C=C/C/C=C/C/C=C/CCCCCCCCCC(=O)OC(COCCC(C(=O)[O-])[N+](C)(C)C)COC(=O)CCCCCCCCC/C=C/CCCCCCCCCC. The molecular weight excluding hydrogens is 787 g/mol. The van der Waals surface area contributed by atoms with Gasteiger partial charge in [-0.3, -0.25) is 9.59 Å². The summed E-state index contributed by atoms with van der Waals surface area (Å²) in [5.41, 5.74) is 0. The zero-order chi connectivity index (χ0) is 46.3. The second-order valence-corrected chi connectivity index (χ2v) is 18.4. The van der Waals surface area contributed by atoms with Crippen LogP contribution in [0.2, 0.25) is 0 Å². The van der Waals surface area contributed by atoms with E-state index in [0.29, 0.717) is 12.8 Å². The molecule has 0 heterocycles. The normalized spacial score (nSPS) is 13.3. The standard InChI is InChI=1S/C55H97NO7/c1-6-8-10-12-14-16-18-20-22-24-26-28-30-32-34-36-38-40-42-44-46-54(58)63-51(49-61-48-47-52(55(59)60)56(3,4)5)50-62-53(57)45-43-41-39-37-35-33-31-29-27-25-23-21-19-17-15-13-11-9-7-2/h8,10,14,16,20,22,25-28,51-52H,6-7,9,11-13,15,17-19,21,23-24,29-50H2,1-5H3/b10-8+,16-14+,22-20+,27-25+,28-26+. The van der Waals surface area contributed by atoms with Gasteiger partial charge in [0, 0.05) is 19.3 Å². The van der Waals surface area contributed by atoms with E-state index in [0.717, 1.165) is 77.0 Å². The van der Waals surface area contributed by atoms with Crippen molar-refractivity contribution in [1.29, 1.82) is 0 Å². The quantitative estimate of drug-likeness (QED) is 0.0260. The van der Waals surface area contributed by atoms with Crippen LogP contribution in [0, 0.1) is 0 Å². The number of likely N-dealkylation sites (N-methyl/N-ethyl adjacent to an activating group) is 1. The van der Waals surface area contributed by atoms with Crippen molar-refractivity contribution < 1.29 is 38.2 Å². The molecule has 0 aromatic heterocycles. The topological polar surface area (TPSA) is 102 Å². The van der Waals surface area contributed by atoms with Crippen LogP contribution in [0.25, 0.3) is 0 Å². The average molecular weight is 884 g/mol. The van der Waals surface area contributed by atoms with Crippen LogP contribution in [0.5, 0.6) is 0 Å². The lowest BCUT2D eigenvalue weighted by Crippen LogP contribution is -2.55. The van der Waals surface area contributed by atoms with E-state index in [9.17, 15) is 19.5 Å². The summed E-state index contributed by atoms with van der Waals surface area (Å²) in [4.78, 5) is 37.0. The summed E-state index contributed by atoms with van der Waals surface area (Å²) in [5.74, 6) is -1.75. The van der Waals surface area contributed by atoms with Crippen LogP contribution >= 0.6 is 0 Å². The third-order valence-electron chi connectivity index (χ3n) is 11.4. The number of hydrogen-bond acceptors (Lipinski definition) is 7. The Labute approximate surface area is 388 Å². The lowest BCUT2D eigenvalue weighted by Gasteiger charge is -2.34. The highest BCUT2D eigenvalue weighted by molar-refractivity contribution is 5.70. The predicted molar refractivity (Wildman–Crippen MR) is 263 cm³/mol. The fraction of sp³-hybridized carbons (Fsp3) is 0.764. The highest BCUT2D eigenvalue weighted by Gasteiger charge is 2.25. The van der Waals surface area contributed by atoms with E-state index in [4.69, 9.17) is 14.2 Å². The minimum absolute atomic E-state index is 0.0336. The molecule has 0 aromatic carbocycles. The number of rotatable bonds is 46. The molecule has 0 amide bonds. The van der Waals surface area contributed by atoms with Gasteiger partial charge in [0.1, 0.15) is 12.6 Å². The average Bonchev–Trinajstić information content (AvgIpc) is 3.24. The molecule has 0 rings (SSSR count). The summed E-state index contributed by atoms with van der Waals surface area (Å²) in [6.07, 6.45) is 56.7. The number of carbonyl (C=O) groups excluding carboxylic acids is 3. The second kappa shape index (κ2) is 45.6. The molecule has 8 nitrogen and oxygen atoms in total. The maximum Gasteiger partial charge on any atom is 0.306 e. The van der Waals surface area contributed by atoms with Crippen molar-refractivity contribution in [2.24, 2.45) is 0 Å². The molecule has 8 heteroatoms. The van der Waals surface area contributed by atoms with Crippen molar-refractivity contribution in [3.63, 3.8) is 0 Å². The first-order valence-electron chi connectivity index (χ1n) is 25.8. The van der Waals surface area contributed by atoms with E-state index < -0.39 is 18.1 Å². The minimum atomic E-state index is -1.13. The Bertz CT molecular complexity index is 1210. The van der Waals surface area contributed by atoms with Crippen molar-refractivity contribution >= 4 is 17.9 Å². The van der Waals surface area contributed by atoms with E-state index in [1.165, 1.54) is 109 Å². The van der Waals surface area contributed by atoms with E-state index >= 15 is 0 Å². The largest absolute Gasteiger partial charge is 0.544 e. The molecule has 0 bridgehead atoms. The van der Waals surface area contributed by atoms with Crippen LogP contribution in [0.4, 0.5) is 0 Å². The summed E-state index contributed by atoms with van der Waals surface area (Å²) in [6.45, 7) is 4.55. The molecule has 0 aromatic rings. The molecule has 0 aliphatic carbocycles. The lowest BCUT2D eigenvalue weighted by atomic mass is 10.1. The van der Waals surface area contributed by atoms with Crippen LogP contribution in [-0.4, -0.2) is 75.5 Å². The lowest BCUT2D eigenvalue weighted by molar-refractivity contribution is -0.889. The molecular formula is C55H97NO7. The fourth-order valence-electron chi connectivity index (χ4n) is 7.41. The van der Waals surface area contributed by atoms with Crippen LogP contribution in [0.3, 0.4) is 0 Å². The van der Waals surface area contributed by atoms with Crippen molar-refractivity contribution in [1.82, 2.24) is 0 Å². The summed E-state index contributed by atoms with van der Waals surface area (Å²) in [5, 5.41) is 11.7. The maximum absolute atomic E-state index is 12.8. The van der Waals surface area contributed by atoms with Gasteiger partial charge in [-0.2, -0.15) is 0 Å². The van der Waals surface area contributed by atoms with Gasteiger partial charge in [-0.05, 0) is 77.0 Å². The molecule has 2 atom stereocenters. The molecule has 0 fully saturated rings. The number of aliphatic carboxylic acids is 1. The van der Waals surface area contributed by atoms with Gasteiger partial charge in [-0.25, -0.2) is 0 Å². The highest BCUT2D eigenvalue weighted by Crippen LogP contribution is 2.15. The number of hydrogen-bond donors (Lipinski definition) is 0. The van der Waals surface area contributed by atoms with E-state index in [-0.39, 0.29) is 42.7 Å². The fourth-order valence-corrected chi connectivity index (χ4v) is 7.41. The molecule has 0 N–H and O–H groups in total. The molecule has 0 aliphatic rings. The Morgan fingerprint density at radius 1 is 0.492 bits per heavy atom. The number of carboxylic acid groups (broad SMARTS) is 1. The predicted octanol–water partition coefficient (Wildman–Crippen LogP) is 13.6. The second-order valence-electron chi connectivity index (χ2n) is 18.4. The highest BCUT2D eigenvalue weighted by atomic mass is 16.6. The molecule has 364 valence electrons.